The number of ketones is 1. The first kappa shape index (κ1) is 30.8. The van der Waals surface area contributed by atoms with E-state index in [1.165, 1.54) is 0 Å². The first-order valence-electron chi connectivity index (χ1n) is 13.9. The Morgan fingerprint density at radius 1 is 0.732 bits per heavy atom. The number of hydrogen-bond acceptors (Lipinski definition) is 11. The molecule has 0 amide bonds. The van der Waals surface area contributed by atoms with E-state index in [0.717, 1.165) is 17.1 Å². The minimum atomic E-state index is -1.45. The van der Waals surface area contributed by atoms with Gasteiger partial charge in [-0.3, -0.25) is 29.5 Å². The number of Topliss-reactive ketones (excluding diaryl/α,β-unsaturated/α-hetero) is 1. The SMILES string of the molecule is O=C(CCN(CCN(Cc1ccccn1)Cc1ccccn1)Cc1ccccn1)C[C@@H]1[C@@H](O)[C@H](O)[C@@H](CO)O[C@@H]1O. The zero-order chi connectivity index (χ0) is 29.0. The van der Waals surface area contributed by atoms with Gasteiger partial charge in [-0.25, -0.2) is 0 Å². The van der Waals surface area contributed by atoms with Crippen molar-refractivity contribution in [3.05, 3.63) is 90.3 Å². The summed E-state index contributed by atoms with van der Waals surface area (Å²) in [6.07, 6.45) is 0.0178. The number of carbonyl (C=O) groups is 1. The fraction of sp³-hybridized carbons (Fsp3) is 0.467. The van der Waals surface area contributed by atoms with Gasteiger partial charge in [-0.05, 0) is 36.4 Å². The van der Waals surface area contributed by atoms with E-state index < -0.39 is 37.1 Å². The summed E-state index contributed by atoms with van der Waals surface area (Å²) >= 11 is 0. The largest absolute Gasteiger partial charge is 0.394 e. The van der Waals surface area contributed by atoms with E-state index in [1.807, 2.05) is 54.6 Å². The summed E-state index contributed by atoms with van der Waals surface area (Å²) in [6.45, 7) is 3.07. The Morgan fingerprint density at radius 2 is 1.24 bits per heavy atom. The van der Waals surface area contributed by atoms with Gasteiger partial charge < -0.3 is 25.2 Å². The van der Waals surface area contributed by atoms with Gasteiger partial charge >= 0.3 is 0 Å². The van der Waals surface area contributed by atoms with Crippen molar-refractivity contribution in [3.63, 3.8) is 0 Å². The average Bonchev–Trinajstić information content (AvgIpc) is 3.00. The highest BCUT2D eigenvalue weighted by molar-refractivity contribution is 5.79. The predicted molar refractivity (Wildman–Crippen MR) is 150 cm³/mol. The molecule has 5 atom stereocenters. The summed E-state index contributed by atoms with van der Waals surface area (Å²) in [6, 6.07) is 17.4. The van der Waals surface area contributed by atoms with Crippen molar-refractivity contribution in [2.24, 2.45) is 5.92 Å². The van der Waals surface area contributed by atoms with Crippen LogP contribution in [0.3, 0.4) is 0 Å². The molecule has 0 unspecified atom stereocenters. The summed E-state index contributed by atoms with van der Waals surface area (Å²) in [7, 11) is 0. The van der Waals surface area contributed by atoms with Gasteiger partial charge in [-0.2, -0.15) is 0 Å². The third-order valence-electron chi connectivity index (χ3n) is 7.27. The maximum absolute atomic E-state index is 13.0. The van der Waals surface area contributed by atoms with Crippen LogP contribution < -0.4 is 0 Å². The first-order valence-corrected chi connectivity index (χ1v) is 13.9. The fourth-order valence-electron chi connectivity index (χ4n) is 4.95. The second-order valence-corrected chi connectivity index (χ2v) is 10.3. The van der Waals surface area contributed by atoms with E-state index in [0.29, 0.717) is 39.3 Å². The van der Waals surface area contributed by atoms with Gasteiger partial charge in [0.15, 0.2) is 6.29 Å². The van der Waals surface area contributed by atoms with Crippen LogP contribution in [0.4, 0.5) is 0 Å². The van der Waals surface area contributed by atoms with Crippen molar-refractivity contribution in [1.82, 2.24) is 24.8 Å². The van der Waals surface area contributed by atoms with E-state index in [2.05, 4.69) is 24.8 Å². The topological polar surface area (TPSA) is 152 Å². The van der Waals surface area contributed by atoms with Crippen LogP contribution in [-0.4, -0.2) is 102 Å². The number of rotatable bonds is 15. The molecular formula is C30H39N5O6. The molecule has 4 heterocycles. The predicted octanol–water partition coefficient (Wildman–Crippen LogP) is 0.773. The Kier molecular flexibility index (Phi) is 11.8. The van der Waals surface area contributed by atoms with Crippen molar-refractivity contribution in [1.29, 1.82) is 0 Å². The van der Waals surface area contributed by atoms with E-state index >= 15 is 0 Å². The number of aliphatic hydroxyl groups is 4. The summed E-state index contributed by atoms with van der Waals surface area (Å²) in [5, 5.41) is 40.2. The molecule has 11 nitrogen and oxygen atoms in total. The van der Waals surface area contributed by atoms with Crippen LogP contribution in [0.25, 0.3) is 0 Å². The molecule has 0 aromatic carbocycles. The quantitative estimate of drug-likeness (QED) is 0.207. The van der Waals surface area contributed by atoms with Gasteiger partial charge in [0.05, 0.1) is 29.8 Å². The molecule has 3 aromatic rings. The third kappa shape index (κ3) is 9.44. The van der Waals surface area contributed by atoms with Crippen LogP contribution in [-0.2, 0) is 29.2 Å². The van der Waals surface area contributed by atoms with E-state index in [9.17, 15) is 25.2 Å². The Morgan fingerprint density at radius 3 is 1.73 bits per heavy atom. The first-order chi connectivity index (χ1) is 19.9. The Hall–Kier alpha value is -3.16. The lowest BCUT2D eigenvalue weighted by Gasteiger charge is -2.40. The summed E-state index contributed by atoms with van der Waals surface area (Å²) in [5.74, 6) is -1.15. The van der Waals surface area contributed by atoms with Gasteiger partial charge in [-0.1, -0.05) is 18.2 Å². The molecule has 1 aliphatic rings. The van der Waals surface area contributed by atoms with Crippen molar-refractivity contribution < 1.29 is 30.0 Å². The summed E-state index contributed by atoms with van der Waals surface area (Å²) in [4.78, 5) is 30.8. The molecule has 11 heteroatoms. The summed E-state index contributed by atoms with van der Waals surface area (Å²) in [5.41, 5.74) is 2.78. The monoisotopic (exact) mass is 565 g/mol. The molecule has 4 N–H and O–H groups in total. The molecule has 0 radical (unpaired) electrons. The van der Waals surface area contributed by atoms with Crippen LogP contribution in [0, 0.1) is 5.92 Å². The standard InChI is InChI=1S/C30H39N5O6/c36-21-27-29(39)28(38)26(30(40)41-27)17-25(37)10-14-34(18-22-7-1-4-11-31-22)15-16-35(19-23-8-2-5-12-32-23)20-24-9-3-6-13-33-24/h1-9,11-13,26-30,36,38-40H,10,14-21H2/t26-,27-,28-,29-,30+/m1/s1. The van der Waals surface area contributed by atoms with Gasteiger partial charge in [-0.15, -0.1) is 0 Å². The smallest absolute Gasteiger partial charge is 0.160 e. The molecule has 0 bridgehead atoms. The Bertz CT molecular complexity index is 1130. The second kappa shape index (κ2) is 15.7. The highest BCUT2D eigenvalue weighted by Gasteiger charge is 2.44. The molecule has 1 fully saturated rings. The number of pyridine rings is 3. The zero-order valence-electron chi connectivity index (χ0n) is 23.0. The number of aliphatic hydroxyl groups excluding tert-OH is 4. The van der Waals surface area contributed by atoms with Crippen molar-refractivity contribution >= 4 is 5.78 Å². The van der Waals surface area contributed by atoms with Crippen LogP contribution in [0.2, 0.25) is 0 Å². The Balaban J connectivity index is 1.39. The summed E-state index contributed by atoms with van der Waals surface area (Å²) < 4.78 is 5.21. The van der Waals surface area contributed by atoms with E-state index in [4.69, 9.17) is 4.74 Å². The molecule has 0 saturated carbocycles. The molecule has 1 saturated heterocycles. The molecular weight excluding hydrogens is 526 g/mol. The lowest BCUT2D eigenvalue weighted by molar-refractivity contribution is -0.269. The zero-order valence-corrected chi connectivity index (χ0v) is 23.0. The number of hydrogen-bond donors (Lipinski definition) is 4. The van der Waals surface area contributed by atoms with Gasteiger partial charge in [0.2, 0.25) is 0 Å². The Labute approximate surface area is 240 Å². The van der Waals surface area contributed by atoms with Crippen LogP contribution in [0.5, 0.6) is 0 Å². The fourth-order valence-corrected chi connectivity index (χ4v) is 4.95. The number of carbonyl (C=O) groups excluding carboxylic acids is 1. The normalized spacial score (nSPS) is 22.7. The number of aromatic nitrogens is 3. The van der Waals surface area contributed by atoms with Crippen molar-refractivity contribution in [2.75, 3.05) is 26.2 Å². The minimum absolute atomic E-state index is 0.152. The number of nitrogens with zero attached hydrogens (tertiary/aromatic N) is 5. The molecule has 41 heavy (non-hydrogen) atoms. The molecule has 0 aliphatic carbocycles. The maximum Gasteiger partial charge on any atom is 0.160 e. The van der Waals surface area contributed by atoms with Gasteiger partial charge in [0.25, 0.3) is 0 Å². The maximum atomic E-state index is 13.0. The second-order valence-electron chi connectivity index (χ2n) is 10.3. The molecule has 0 spiro atoms. The van der Waals surface area contributed by atoms with Crippen LogP contribution >= 0.6 is 0 Å². The van der Waals surface area contributed by atoms with Crippen molar-refractivity contribution in [3.8, 4) is 0 Å². The third-order valence-corrected chi connectivity index (χ3v) is 7.27. The molecule has 4 rings (SSSR count). The molecule has 3 aromatic heterocycles. The van der Waals surface area contributed by atoms with Gasteiger partial charge in [0, 0.05) is 76.6 Å². The van der Waals surface area contributed by atoms with Gasteiger partial charge in [0.1, 0.15) is 18.0 Å². The lowest BCUT2D eigenvalue weighted by Crippen LogP contribution is -2.56. The molecule has 220 valence electrons. The highest BCUT2D eigenvalue weighted by Crippen LogP contribution is 2.28. The minimum Gasteiger partial charge on any atom is -0.394 e. The number of ether oxygens (including phenoxy) is 1. The lowest BCUT2D eigenvalue weighted by atomic mass is 9.86. The van der Waals surface area contributed by atoms with Crippen molar-refractivity contribution in [2.45, 2.75) is 57.1 Å². The highest BCUT2D eigenvalue weighted by atomic mass is 16.6. The van der Waals surface area contributed by atoms with Crippen LogP contribution in [0.1, 0.15) is 29.9 Å². The van der Waals surface area contributed by atoms with E-state index in [-0.39, 0.29) is 18.6 Å². The van der Waals surface area contributed by atoms with Crippen LogP contribution in [0.15, 0.2) is 73.2 Å². The van der Waals surface area contributed by atoms with E-state index in [1.54, 1.807) is 18.6 Å². The average molecular weight is 566 g/mol. The molecule has 1 aliphatic heterocycles.